The summed E-state index contributed by atoms with van der Waals surface area (Å²) in [5.41, 5.74) is -1.30. The van der Waals surface area contributed by atoms with Gasteiger partial charge in [0, 0.05) is 12.4 Å². The summed E-state index contributed by atoms with van der Waals surface area (Å²) in [5, 5.41) is 24.2. The molecule has 3 aromatic heterocycles. The fourth-order valence-electron chi connectivity index (χ4n) is 4.65. The first-order chi connectivity index (χ1) is 16.3. The van der Waals surface area contributed by atoms with Crippen molar-refractivity contribution in [1.29, 1.82) is 0 Å². The molecule has 186 valence electrons. The highest BCUT2D eigenvalue weighted by Gasteiger charge is 2.49. The summed E-state index contributed by atoms with van der Waals surface area (Å²) in [6, 6.07) is 5.32. The first-order valence-corrected chi connectivity index (χ1v) is 11.8. The Balaban J connectivity index is 1.59. The van der Waals surface area contributed by atoms with Crippen molar-refractivity contribution in [3.05, 3.63) is 52.8 Å². The highest BCUT2D eigenvalue weighted by molar-refractivity contribution is 7.15. The summed E-state index contributed by atoms with van der Waals surface area (Å²) in [6.45, 7) is 5.51. The number of aliphatic carboxylic acids is 1. The number of carboxylic acids is 1. The largest absolute Gasteiger partial charge is 0.481 e. The van der Waals surface area contributed by atoms with E-state index in [1.807, 2.05) is 26.8 Å². The molecule has 0 spiro atoms. The summed E-state index contributed by atoms with van der Waals surface area (Å²) < 4.78 is 39.1. The van der Waals surface area contributed by atoms with Crippen LogP contribution in [0.1, 0.15) is 49.2 Å². The molecule has 0 saturated heterocycles. The molecule has 7 nitrogen and oxygen atoms in total. The Hall–Kier alpha value is -3.05. The van der Waals surface area contributed by atoms with Crippen LogP contribution >= 0.6 is 11.3 Å². The van der Waals surface area contributed by atoms with E-state index < -0.39 is 34.6 Å². The van der Waals surface area contributed by atoms with Crippen molar-refractivity contribution in [2.75, 3.05) is 5.32 Å². The number of hydrogen-bond donors (Lipinski definition) is 3. The van der Waals surface area contributed by atoms with Gasteiger partial charge in [-0.2, -0.15) is 13.2 Å². The molecule has 3 heterocycles. The quantitative estimate of drug-likeness (QED) is 0.403. The summed E-state index contributed by atoms with van der Waals surface area (Å²) in [6.07, 6.45) is -0.910. The zero-order chi connectivity index (χ0) is 25.6. The summed E-state index contributed by atoms with van der Waals surface area (Å²) in [4.78, 5) is 25.2. The zero-order valence-corrected chi connectivity index (χ0v) is 20.2. The van der Waals surface area contributed by atoms with Crippen LogP contribution in [0.15, 0.2) is 36.7 Å². The third-order valence-electron chi connectivity index (χ3n) is 6.31. The number of alkyl halides is 3. The topological polar surface area (TPSA) is 108 Å². The Morgan fingerprint density at radius 1 is 1.20 bits per heavy atom. The average Bonchev–Trinajstić information content (AvgIpc) is 3.23. The summed E-state index contributed by atoms with van der Waals surface area (Å²) in [5.74, 6) is -1.07. The standard InChI is InChI=1S/C24H25F3N4O3S/c1-13-8-16(30-19(9-13)31-18-10-14(5-7-28-18)24(25,26)27)17-11-29-21(35-17)23(34)6-4-15(20(32)33)22(2,3)12-23/h5,7-11,15,34H,4,6,12H2,1-3H3,(H,32,33)(H,28,30,31)/t15?,23-/m1/s1. The molecule has 1 aliphatic carbocycles. The third-order valence-corrected chi connectivity index (χ3v) is 7.52. The number of nitrogens with zero attached hydrogens (tertiary/aromatic N) is 3. The minimum atomic E-state index is -4.48. The molecular formula is C24H25F3N4O3S. The van der Waals surface area contributed by atoms with E-state index in [0.29, 0.717) is 27.8 Å². The van der Waals surface area contributed by atoms with Crippen molar-refractivity contribution in [1.82, 2.24) is 15.0 Å². The fourth-order valence-corrected chi connectivity index (χ4v) is 5.64. The maximum atomic E-state index is 13.0. The molecule has 4 rings (SSSR count). The van der Waals surface area contributed by atoms with Gasteiger partial charge in [-0.1, -0.05) is 13.8 Å². The van der Waals surface area contributed by atoms with Crippen LogP contribution in [0.25, 0.3) is 10.6 Å². The average molecular weight is 507 g/mol. The molecule has 1 saturated carbocycles. The first-order valence-electron chi connectivity index (χ1n) is 11.0. The number of pyridine rings is 2. The maximum absolute atomic E-state index is 13.0. The minimum absolute atomic E-state index is 0.0144. The van der Waals surface area contributed by atoms with E-state index in [1.165, 1.54) is 11.3 Å². The Kier molecular flexibility index (Phi) is 6.35. The van der Waals surface area contributed by atoms with Gasteiger partial charge in [-0.15, -0.1) is 11.3 Å². The SMILES string of the molecule is Cc1cc(Nc2cc(C(F)(F)F)ccn2)nc(-c2cnc([C@@]3(O)CCC(C(=O)O)C(C)(C)C3)s2)c1. The smallest absolute Gasteiger partial charge is 0.416 e. The summed E-state index contributed by atoms with van der Waals surface area (Å²) >= 11 is 1.27. The molecular weight excluding hydrogens is 481 g/mol. The number of aromatic nitrogens is 3. The number of carboxylic acid groups (broad SMARTS) is 1. The molecule has 0 radical (unpaired) electrons. The van der Waals surface area contributed by atoms with Crippen LogP contribution in [-0.2, 0) is 16.6 Å². The number of halogens is 3. The second-order valence-corrected chi connectivity index (χ2v) is 10.7. The molecule has 0 amide bonds. The minimum Gasteiger partial charge on any atom is -0.481 e. The number of hydrogen-bond acceptors (Lipinski definition) is 7. The number of carbonyl (C=O) groups is 1. The van der Waals surface area contributed by atoms with Crippen LogP contribution in [0.5, 0.6) is 0 Å². The molecule has 35 heavy (non-hydrogen) atoms. The Morgan fingerprint density at radius 3 is 2.60 bits per heavy atom. The van der Waals surface area contributed by atoms with E-state index in [9.17, 15) is 28.2 Å². The number of rotatable bonds is 5. The molecule has 3 aromatic rings. The van der Waals surface area contributed by atoms with E-state index in [0.717, 1.165) is 23.9 Å². The number of aryl methyl sites for hydroxylation is 1. The van der Waals surface area contributed by atoms with Crippen LogP contribution in [0.3, 0.4) is 0 Å². The van der Waals surface area contributed by atoms with Gasteiger partial charge in [-0.3, -0.25) is 4.79 Å². The zero-order valence-electron chi connectivity index (χ0n) is 19.3. The third kappa shape index (κ3) is 5.30. The lowest BCUT2D eigenvalue weighted by Gasteiger charge is -2.44. The Labute approximate surface area is 204 Å². The number of nitrogens with one attached hydrogen (secondary N) is 1. The molecule has 1 fully saturated rings. The Morgan fingerprint density at radius 2 is 1.94 bits per heavy atom. The van der Waals surface area contributed by atoms with Gasteiger partial charge in [0.05, 0.1) is 22.1 Å². The highest BCUT2D eigenvalue weighted by atomic mass is 32.1. The van der Waals surface area contributed by atoms with E-state index in [1.54, 1.807) is 12.3 Å². The van der Waals surface area contributed by atoms with Crippen molar-refractivity contribution in [3.8, 4) is 10.6 Å². The van der Waals surface area contributed by atoms with E-state index in [4.69, 9.17) is 0 Å². The first kappa shape index (κ1) is 25.1. The van der Waals surface area contributed by atoms with Crippen LogP contribution < -0.4 is 5.32 Å². The van der Waals surface area contributed by atoms with E-state index in [2.05, 4.69) is 20.3 Å². The predicted molar refractivity (Wildman–Crippen MR) is 125 cm³/mol. The molecule has 0 bridgehead atoms. The second-order valence-electron chi connectivity index (χ2n) is 9.62. The second kappa shape index (κ2) is 8.87. The van der Waals surface area contributed by atoms with Gasteiger partial charge in [0.2, 0.25) is 0 Å². The normalized spacial score (nSPS) is 22.1. The van der Waals surface area contributed by atoms with Gasteiger partial charge in [-0.05, 0) is 61.4 Å². The lowest BCUT2D eigenvalue weighted by Crippen LogP contribution is -2.44. The Bertz CT molecular complexity index is 1260. The lowest BCUT2D eigenvalue weighted by atomic mass is 9.63. The van der Waals surface area contributed by atoms with Crippen LogP contribution in [0.4, 0.5) is 24.8 Å². The molecule has 0 aliphatic heterocycles. The van der Waals surface area contributed by atoms with Gasteiger partial charge in [-0.25, -0.2) is 15.0 Å². The lowest BCUT2D eigenvalue weighted by molar-refractivity contribution is -0.154. The van der Waals surface area contributed by atoms with Crippen molar-refractivity contribution in [3.63, 3.8) is 0 Å². The molecule has 0 aromatic carbocycles. The van der Waals surface area contributed by atoms with Gasteiger partial charge in [0.1, 0.15) is 22.2 Å². The van der Waals surface area contributed by atoms with Crippen LogP contribution in [0.2, 0.25) is 0 Å². The monoisotopic (exact) mass is 506 g/mol. The van der Waals surface area contributed by atoms with Crippen LogP contribution in [0, 0.1) is 18.3 Å². The van der Waals surface area contributed by atoms with Crippen molar-refractivity contribution >= 4 is 28.9 Å². The fraction of sp³-hybridized carbons (Fsp3) is 0.417. The van der Waals surface area contributed by atoms with Gasteiger partial charge in [0.15, 0.2) is 0 Å². The number of thiazole rings is 1. The maximum Gasteiger partial charge on any atom is 0.416 e. The van der Waals surface area contributed by atoms with Crippen LogP contribution in [-0.4, -0.2) is 31.1 Å². The van der Waals surface area contributed by atoms with Crippen molar-refractivity contribution in [2.24, 2.45) is 11.3 Å². The molecule has 1 unspecified atom stereocenters. The number of aliphatic hydroxyl groups is 1. The predicted octanol–water partition coefficient (Wildman–Crippen LogP) is 5.77. The van der Waals surface area contributed by atoms with Gasteiger partial charge in [0.25, 0.3) is 0 Å². The van der Waals surface area contributed by atoms with Crippen molar-refractivity contribution < 1.29 is 28.2 Å². The van der Waals surface area contributed by atoms with Gasteiger partial charge >= 0.3 is 12.1 Å². The molecule has 11 heteroatoms. The van der Waals surface area contributed by atoms with Crippen molar-refractivity contribution in [2.45, 2.75) is 51.8 Å². The molecule has 3 N–H and O–H groups in total. The van der Waals surface area contributed by atoms with E-state index >= 15 is 0 Å². The highest BCUT2D eigenvalue weighted by Crippen LogP contribution is 2.50. The molecule has 1 aliphatic rings. The van der Waals surface area contributed by atoms with E-state index in [-0.39, 0.29) is 18.7 Å². The summed E-state index contributed by atoms with van der Waals surface area (Å²) in [7, 11) is 0. The molecule has 2 atom stereocenters. The van der Waals surface area contributed by atoms with Gasteiger partial charge < -0.3 is 15.5 Å². The number of anilines is 2.